The van der Waals surface area contributed by atoms with Crippen LogP contribution in [0.1, 0.15) is 58.8 Å². The molecule has 1 atom stereocenters. The van der Waals surface area contributed by atoms with Crippen LogP contribution < -0.4 is 4.74 Å². The number of aliphatic hydroxyl groups excluding tert-OH is 1. The van der Waals surface area contributed by atoms with Gasteiger partial charge in [-0.25, -0.2) is 4.98 Å². The lowest BCUT2D eigenvalue weighted by Gasteiger charge is -2.32. The summed E-state index contributed by atoms with van der Waals surface area (Å²) in [6.45, 7) is 0.463. The van der Waals surface area contributed by atoms with Crippen molar-refractivity contribution in [1.82, 2.24) is 14.9 Å². The maximum absolute atomic E-state index is 13.3. The van der Waals surface area contributed by atoms with Gasteiger partial charge in [-0.1, -0.05) is 35.9 Å². The van der Waals surface area contributed by atoms with Crippen LogP contribution >= 0.6 is 11.6 Å². The molecule has 0 bridgehead atoms. The predicted molar refractivity (Wildman–Crippen MR) is 139 cm³/mol. The van der Waals surface area contributed by atoms with Gasteiger partial charge in [0.25, 0.3) is 5.91 Å². The van der Waals surface area contributed by atoms with Crippen LogP contribution in [0.4, 0.5) is 0 Å². The highest BCUT2D eigenvalue weighted by Gasteiger charge is 2.37. The smallest absolute Gasteiger partial charge is 0.256 e. The molecule has 0 radical (unpaired) electrons. The predicted octanol–water partition coefficient (Wildman–Crippen LogP) is 6.13. The minimum absolute atomic E-state index is 0.0353. The standard InChI is InChI=1S/C29H25ClN4O3/c30-25-12-20(37-19-4-2-1-3-5-19)10-11-21(25)27(35)23-15-33-28-26(23)24-16-34(29(36)22(24)14-32-28)18-8-6-17(13-31)7-9-18/h1-5,10-12,14-15,17-18,27,35H,6-9,16H2,(H,32,33). The van der Waals surface area contributed by atoms with E-state index < -0.39 is 6.10 Å². The Labute approximate surface area is 219 Å². The molecule has 0 saturated heterocycles. The van der Waals surface area contributed by atoms with Crippen LogP contribution in [0.3, 0.4) is 0 Å². The van der Waals surface area contributed by atoms with Crippen molar-refractivity contribution in [3.05, 3.63) is 88.2 Å². The van der Waals surface area contributed by atoms with Crippen molar-refractivity contribution in [2.45, 2.75) is 44.4 Å². The van der Waals surface area contributed by atoms with E-state index >= 15 is 0 Å². The van der Waals surface area contributed by atoms with Crippen LogP contribution in [0.5, 0.6) is 11.5 Å². The number of nitrogens with zero attached hydrogens (tertiary/aromatic N) is 3. The van der Waals surface area contributed by atoms with Gasteiger partial charge in [0.2, 0.25) is 0 Å². The van der Waals surface area contributed by atoms with Gasteiger partial charge in [-0.05, 0) is 55.5 Å². The van der Waals surface area contributed by atoms with Gasteiger partial charge in [0, 0.05) is 47.4 Å². The topological polar surface area (TPSA) is 102 Å². The molecule has 1 fully saturated rings. The summed E-state index contributed by atoms with van der Waals surface area (Å²) in [5.74, 6) is 1.30. The molecular formula is C29H25ClN4O3. The number of aromatic amines is 1. The Kier molecular flexibility index (Phi) is 6.07. The SMILES string of the molecule is N#CC1CCC(N2Cc3c(cnc4[nH]cc(C(O)c5ccc(Oc6ccccc6)cc5Cl)c34)C2=O)CC1. The fraction of sp³-hybridized carbons (Fsp3) is 0.276. The largest absolute Gasteiger partial charge is 0.457 e. The second-order valence-electron chi connectivity index (χ2n) is 9.69. The summed E-state index contributed by atoms with van der Waals surface area (Å²) < 4.78 is 5.87. The first-order chi connectivity index (χ1) is 18.0. The molecule has 1 aliphatic heterocycles. The Balaban J connectivity index is 1.29. The van der Waals surface area contributed by atoms with Crippen LogP contribution in [0, 0.1) is 17.2 Å². The van der Waals surface area contributed by atoms with Crippen molar-refractivity contribution in [3.63, 3.8) is 0 Å². The van der Waals surface area contributed by atoms with Crippen LogP contribution in [0.15, 0.2) is 60.9 Å². The Hall–Kier alpha value is -3.86. The number of fused-ring (bicyclic) bond motifs is 3. The summed E-state index contributed by atoms with van der Waals surface area (Å²) in [6.07, 6.45) is 5.61. The van der Waals surface area contributed by atoms with E-state index in [4.69, 9.17) is 16.3 Å². The number of carbonyl (C=O) groups excluding carboxylic acids is 1. The van der Waals surface area contributed by atoms with E-state index in [1.54, 1.807) is 30.6 Å². The van der Waals surface area contributed by atoms with Crippen molar-refractivity contribution < 1.29 is 14.6 Å². The zero-order valence-corrected chi connectivity index (χ0v) is 20.8. The fourth-order valence-corrected chi connectivity index (χ4v) is 5.82. The lowest BCUT2D eigenvalue weighted by atomic mass is 9.86. The minimum atomic E-state index is -1.02. The van der Waals surface area contributed by atoms with Crippen molar-refractivity contribution >= 4 is 28.5 Å². The third-order valence-corrected chi connectivity index (χ3v) is 7.85. The van der Waals surface area contributed by atoms with Gasteiger partial charge in [-0.15, -0.1) is 0 Å². The molecule has 2 aromatic heterocycles. The molecule has 186 valence electrons. The number of H-pyrrole nitrogens is 1. The molecule has 8 heteroatoms. The number of amides is 1. The van der Waals surface area contributed by atoms with Gasteiger partial charge in [-0.2, -0.15) is 5.26 Å². The number of aliphatic hydroxyl groups is 1. The molecular weight excluding hydrogens is 488 g/mol. The second-order valence-corrected chi connectivity index (χ2v) is 10.1. The van der Waals surface area contributed by atoms with E-state index in [0.29, 0.717) is 45.4 Å². The highest BCUT2D eigenvalue weighted by molar-refractivity contribution is 6.31. The molecule has 6 rings (SSSR count). The molecule has 0 spiro atoms. The zero-order chi connectivity index (χ0) is 25.5. The van der Waals surface area contributed by atoms with Gasteiger partial charge in [0.05, 0.1) is 16.7 Å². The highest BCUT2D eigenvalue weighted by Crippen LogP contribution is 2.40. The Morgan fingerprint density at radius 2 is 1.89 bits per heavy atom. The number of para-hydroxylation sites is 1. The molecule has 2 aromatic carbocycles. The molecule has 1 amide bonds. The van der Waals surface area contributed by atoms with E-state index in [2.05, 4.69) is 16.0 Å². The Morgan fingerprint density at radius 3 is 2.62 bits per heavy atom. The Morgan fingerprint density at radius 1 is 1.11 bits per heavy atom. The molecule has 37 heavy (non-hydrogen) atoms. The van der Waals surface area contributed by atoms with Crippen LogP contribution in [0.2, 0.25) is 5.02 Å². The van der Waals surface area contributed by atoms with Gasteiger partial charge < -0.3 is 19.7 Å². The maximum Gasteiger partial charge on any atom is 0.256 e. The molecule has 1 saturated carbocycles. The van der Waals surface area contributed by atoms with Crippen LogP contribution in [-0.2, 0) is 6.54 Å². The van der Waals surface area contributed by atoms with E-state index in [9.17, 15) is 15.2 Å². The number of benzene rings is 2. The van der Waals surface area contributed by atoms with Gasteiger partial charge in [-0.3, -0.25) is 4.79 Å². The maximum atomic E-state index is 13.3. The summed E-state index contributed by atoms with van der Waals surface area (Å²) in [6, 6.07) is 17.1. The summed E-state index contributed by atoms with van der Waals surface area (Å²) in [5, 5.41) is 21.8. The van der Waals surface area contributed by atoms with E-state index in [1.165, 1.54) is 0 Å². The van der Waals surface area contributed by atoms with Gasteiger partial charge in [0.15, 0.2) is 0 Å². The molecule has 2 N–H and O–H groups in total. The zero-order valence-electron chi connectivity index (χ0n) is 20.0. The fourth-order valence-electron chi connectivity index (χ4n) is 5.55. The minimum Gasteiger partial charge on any atom is -0.457 e. The Bertz CT molecular complexity index is 1520. The summed E-state index contributed by atoms with van der Waals surface area (Å²) >= 11 is 6.60. The molecule has 3 heterocycles. The number of pyridine rings is 1. The average Bonchev–Trinajstić information content (AvgIpc) is 3.50. The molecule has 4 aromatic rings. The summed E-state index contributed by atoms with van der Waals surface area (Å²) in [4.78, 5) is 22.9. The van der Waals surface area contributed by atoms with Crippen molar-refractivity contribution in [3.8, 4) is 17.6 Å². The summed E-state index contributed by atoms with van der Waals surface area (Å²) in [5.41, 5.74) is 3.22. The number of carbonyl (C=O) groups is 1. The first-order valence-corrected chi connectivity index (χ1v) is 12.8. The molecule has 7 nitrogen and oxygen atoms in total. The van der Waals surface area contributed by atoms with Crippen molar-refractivity contribution in [2.24, 2.45) is 5.92 Å². The van der Waals surface area contributed by atoms with Crippen molar-refractivity contribution in [2.75, 3.05) is 0 Å². The number of rotatable bonds is 5. The lowest BCUT2D eigenvalue weighted by molar-refractivity contribution is 0.0648. The third kappa shape index (κ3) is 4.22. The normalized spacial score (nSPS) is 20.0. The number of hydrogen-bond acceptors (Lipinski definition) is 5. The number of nitrogens with one attached hydrogen (secondary N) is 1. The van der Waals surface area contributed by atoms with E-state index in [1.807, 2.05) is 35.2 Å². The van der Waals surface area contributed by atoms with E-state index in [-0.39, 0.29) is 17.9 Å². The number of aromatic nitrogens is 2. The van der Waals surface area contributed by atoms with E-state index in [0.717, 1.165) is 36.6 Å². The van der Waals surface area contributed by atoms with Crippen LogP contribution in [-0.4, -0.2) is 31.9 Å². The van der Waals surface area contributed by atoms with Crippen LogP contribution in [0.25, 0.3) is 11.0 Å². The first-order valence-electron chi connectivity index (χ1n) is 12.4. The molecule has 2 aliphatic rings. The molecule has 1 aliphatic carbocycles. The highest BCUT2D eigenvalue weighted by atomic mass is 35.5. The van der Waals surface area contributed by atoms with Gasteiger partial charge in [0.1, 0.15) is 23.3 Å². The number of hydrogen-bond donors (Lipinski definition) is 2. The number of ether oxygens (including phenoxy) is 1. The lowest BCUT2D eigenvalue weighted by Crippen LogP contribution is -2.38. The second kappa shape index (κ2) is 9.55. The first kappa shape index (κ1) is 23.5. The monoisotopic (exact) mass is 512 g/mol. The number of halogens is 1. The number of nitriles is 1. The molecule has 1 unspecified atom stereocenters. The third-order valence-electron chi connectivity index (χ3n) is 7.52. The average molecular weight is 513 g/mol. The van der Waals surface area contributed by atoms with Gasteiger partial charge >= 0.3 is 0 Å². The van der Waals surface area contributed by atoms with Crippen molar-refractivity contribution in [1.29, 1.82) is 5.26 Å². The quantitative estimate of drug-likeness (QED) is 0.335. The summed E-state index contributed by atoms with van der Waals surface area (Å²) in [7, 11) is 0.